The van der Waals surface area contributed by atoms with E-state index in [2.05, 4.69) is 42.3 Å². The minimum Gasteiger partial charge on any atom is -0.308 e. The summed E-state index contributed by atoms with van der Waals surface area (Å²) in [6.45, 7) is 5.27. The van der Waals surface area contributed by atoms with E-state index in [1.807, 2.05) is 24.4 Å². The zero-order chi connectivity index (χ0) is 14.4. The van der Waals surface area contributed by atoms with E-state index in [4.69, 9.17) is 11.6 Å². The SMILES string of the molecule is CCCNC(Cc1ccc(Cl)cc1)c1cc(C)ccn1. The summed E-state index contributed by atoms with van der Waals surface area (Å²) in [4.78, 5) is 4.52. The number of benzene rings is 1. The minimum absolute atomic E-state index is 0.246. The Hall–Kier alpha value is -1.38. The molecule has 106 valence electrons. The van der Waals surface area contributed by atoms with Gasteiger partial charge in [0.25, 0.3) is 0 Å². The van der Waals surface area contributed by atoms with Gasteiger partial charge in [-0.2, -0.15) is 0 Å². The minimum atomic E-state index is 0.246. The molecule has 1 aromatic heterocycles. The molecule has 0 aliphatic heterocycles. The predicted molar refractivity (Wildman–Crippen MR) is 85.2 cm³/mol. The molecule has 1 atom stereocenters. The van der Waals surface area contributed by atoms with Crippen LogP contribution in [0.15, 0.2) is 42.6 Å². The second-order valence-electron chi connectivity index (χ2n) is 5.10. The number of rotatable bonds is 6. The van der Waals surface area contributed by atoms with E-state index in [0.29, 0.717) is 0 Å². The third-order valence-corrected chi connectivity index (χ3v) is 3.54. The van der Waals surface area contributed by atoms with Crippen LogP contribution in [0.2, 0.25) is 5.02 Å². The molecule has 1 heterocycles. The molecule has 1 aromatic carbocycles. The summed E-state index contributed by atoms with van der Waals surface area (Å²) in [5.41, 5.74) is 3.62. The number of pyridine rings is 1. The molecule has 2 rings (SSSR count). The second kappa shape index (κ2) is 7.41. The van der Waals surface area contributed by atoms with Crippen molar-refractivity contribution in [2.75, 3.05) is 6.54 Å². The quantitative estimate of drug-likeness (QED) is 0.856. The Morgan fingerprint density at radius 3 is 2.60 bits per heavy atom. The molecule has 0 radical (unpaired) electrons. The van der Waals surface area contributed by atoms with Gasteiger partial charge in [0.1, 0.15) is 0 Å². The molecule has 1 N–H and O–H groups in total. The van der Waals surface area contributed by atoms with E-state index in [0.717, 1.165) is 30.1 Å². The number of aromatic nitrogens is 1. The highest BCUT2D eigenvalue weighted by atomic mass is 35.5. The van der Waals surface area contributed by atoms with Crippen LogP contribution >= 0.6 is 11.6 Å². The Bertz CT molecular complexity index is 537. The normalized spacial score (nSPS) is 12.3. The predicted octanol–water partition coefficient (Wildman–Crippen LogP) is 4.33. The van der Waals surface area contributed by atoms with Gasteiger partial charge in [-0.1, -0.05) is 30.7 Å². The fraction of sp³-hybridized carbons (Fsp3) is 0.353. The molecule has 1 unspecified atom stereocenters. The molecule has 0 saturated carbocycles. The lowest BCUT2D eigenvalue weighted by atomic mass is 10.0. The van der Waals surface area contributed by atoms with Gasteiger partial charge in [-0.25, -0.2) is 0 Å². The van der Waals surface area contributed by atoms with E-state index in [9.17, 15) is 0 Å². The van der Waals surface area contributed by atoms with Crippen molar-refractivity contribution >= 4 is 11.6 Å². The summed E-state index contributed by atoms with van der Waals surface area (Å²) in [6, 6.07) is 12.5. The van der Waals surface area contributed by atoms with Gasteiger partial charge in [-0.3, -0.25) is 4.98 Å². The fourth-order valence-electron chi connectivity index (χ4n) is 2.21. The highest BCUT2D eigenvalue weighted by molar-refractivity contribution is 6.30. The van der Waals surface area contributed by atoms with Crippen molar-refractivity contribution in [3.05, 3.63) is 64.4 Å². The molecule has 0 saturated heterocycles. The van der Waals surface area contributed by atoms with E-state index in [-0.39, 0.29) is 6.04 Å². The van der Waals surface area contributed by atoms with Gasteiger partial charge in [0.2, 0.25) is 0 Å². The van der Waals surface area contributed by atoms with Crippen LogP contribution < -0.4 is 5.32 Å². The van der Waals surface area contributed by atoms with Gasteiger partial charge in [0.05, 0.1) is 11.7 Å². The molecule has 20 heavy (non-hydrogen) atoms. The van der Waals surface area contributed by atoms with Crippen molar-refractivity contribution in [1.82, 2.24) is 10.3 Å². The van der Waals surface area contributed by atoms with Gasteiger partial charge >= 0.3 is 0 Å². The number of nitrogens with zero attached hydrogens (tertiary/aromatic N) is 1. The maximum Gasteiger partial charge on any atom is 0.0579 e. The van der Waals surface area contributed by atoms with Crippen LogP contribution in [0.25, 0.3) is 0 Å². The van der Waals surface area contributed by atoms with Gasteiger partial charge in [-0.05, 0) is 61.7 Å². The molecule has 0 spiro atoms. The summed E-state index contributed by atoms with van der Waals surface area (Å²) >= 11 is 5.94. The van der Waals surface area contributed by atoms with Crippen molar-refractivity contribution in [2.45, 2.75) is 32.7 Å². The van der Waals surface area contributed by atoms with Crippen LogP contribution in [0.5, 0.6) is 0 Å². The Kier molecular flexibility index (Phi) is 5.57. The molecule has 0 aliphatic carbocycles. The number of nitrogens with one attached hydrogen (secondary N) is 1. The summed E-state index contributed by atoms with van der Waals surface area (Å²) < 4.78 is 0. The first-order valence-electron chi connectivity index (χ1n) is 7.09. The smallest absolute Gasteiger partial charge is 0.0579 e. The lowest BCUT2D eigenvalue weighted by Gasteiger charge is -2.18. The fourth-order valence-corrected chi connectivity index (χ4v) is 2.33. The van der Waals surface area contributed by atoms with Gasteiger partial charge < -0.3 is 5.32 Å². The van der Waals surface area contributed by atoms with Crippen LogP contribution in [0.1, 0.15) is 36.2 Å². The topological polar surface area (TPSA) is 24.9 Å². The molecular formula is C17H21ClN2. The van der Waals surface area contributed by atoms with E-state index in [1.54, 1.807) is 0 Å². The molecule has 0 fully saturated rings. The van der Waals surface area contributed by atoms with Gasteiger partial charge in [0, 0.05) is 11.2 Å². The molecule has 0 bridgehead atoms. The summed E-state index contributed by atoms with van der Waals surface area (Å²) in [5.74, 6) is 0. The molecule has 0 aliphatic rings. The maximum absolute atomic E-state index is 5.94. The standard InChI is InChI=1S/C17H21ClN2/c1-3-9-19-17(16-11-13(2)8-10-20-16)12-14-4-6-15(18)7-5-14/h4-8,10-11,17,19H,3,9,12H2,1-2H3. The van der Waals surface area contributed by atoms with Crippen LogP contribution in [-0.4, -0.2) is 11.5 Å². The zero-order valence-corrected chi connectivity index (χ0v) is 12.8. The highest BCUT2D eigenvalue weighted by Crippen LogP contribution is 2.19. The first kappa shape index (κ1) is 15.0. The van der Waals surface area contributed by atoms with E-state index >= 15 is 0 Å². The second-order valence-corrected chi connectivity index (χ2v) is 5.53. The third kappa shape index (κ3) is 4.32. The first-order chi connectivity index (χ1) is 9.69. The maximum atomic E-state index is 5.94. The van der Waals surface area contributed by atoms with Crippen molar-refractivity contribution in [3.63, 3.8) is 0 Å². The van der Waals surface area contributed by atoms with Crippen molar-refractivity contribution in [1.29, 1.82) is 0 Å². The average molecular weight is 289 g/mol. The van der Waals surface area contributed by atoms with Crippen molar-refractivity contribution in [3.8, 4) is 0 Å². The van der Waals surface area contributed by atoms with Crippen LogP contribution in [0.4, 0.5) is 0 Å². The zero-order valence-electron chi connectivity index (χ0n) is 12.1. The highest BCUT2D eigenvalue weighted by Gasteiger charge is 2.13. The van der Waals surface area contributed by atoms with Crippen LogP contribution in [0, 0.1) is 6.92 Å². The van der Waals surface area contributed by atoms with Gasteiger partial charge in [-0.15, -0.1) is 0 Å². The lowest BCUT2D eigenvalue weighted by molar-refractivity contribution is 0.517. The Morgan fingerprint density at radius 2 is 1.95 bits per heavy atom. The van der Waals surface area contributed by atoms with Crippen molar-refractivity contribution < 1.29 is 0 Å². The molecular weight excluding hydrogens is 268 g/mol. The van der Waals surface area contributed by atoms with Crippen LogP contribution in [-0.2, 0) is 6.42 Å². The Morgan fingerprint density at radius 1 is 1.20 bits per heavy atom. The molecule has 3 heteroatoms. The Balaban J connectivity index is 2.16. The molecule has 0 amide bonds. The summed E-state index contributed by atoms with van der Waals surface area (Å²) in [7, 11) is 0. The van der Waals surface area contributed by atoms with Crippen molar-refractivity contribution in [2.24, 2.45) is 0 Å². The van der Waals surface area contributed by atoms with Crippen LogP contribution in [0.3, 0.4) is 0 Å². The Labute approximate surface area is 126 Å². The monoisotopic (exact) mass is 288 g/mol. The number of aryl methyl sites for hydroxylation is 1. The largest absolute Gasteiger partial charge is 0.308 e. The molecule has 2 nitrogen and oxygen atoms in total. The van der Waals surface area contributed by atoms with E-state index in [1.165, 1.54) is 11.1 Å². The number of halogens is 1. The summed E-state index contributed by atoms with van der Waals surface area (Å²) in [5, 5.41) is 4.36. The third-order valence-electron chi connectivity index (χ3n) is 3.29. The number of hydrogen-bond acceptors (Lipinski definition) is 2. The van der Waals surface area contributed by atoms with E-state index < -0.39 is 0 Å². The average Bonchev–Trinajstić information content (AvgIpc) is 2.45. The van der Waals surface area contributed by atoms with Gasteiger partial charge in [0.15, 0.2) is 0 Å². The molecule has 2 aromatic rings. The summed E-state index contributed by atoms with van der Waals surface area (Å²) in [6.07, 6.45) is 3.92. The number of hydrogen-bond donors (Lipinski definition) is 1. The first-order valence-corrected chi connectivity index (χ1v) is 7.47. The lowest BCUT2D eigenvalue weighted by Crippen LogP contribution is -2.25.